The predicted octanol–water partition coefficient (Wildman–Crippen LogP) is 1.06. The van der Waals surface area contributed by atoms with Crippen molar-refractivity contribution < 1.29 is 9.18 Å². The summed E-state index contributed by atoms with van der Waals surface area (Å²) in [7, 11) is 0. The van der Waals surface area contributed by atoms with Crippen molar-refractivity contribution in [2.45, 2.75) is 0 Å². The largest absolute Gasteiger partial charge is 0.325 e. The molecule has 6 nitrogen and oxygen atoms in total. The van der Waals surface area contributed by atoms with Gasteiger partial charge in [0.05, 0.1) is 5.69 Å². The van der Waals surface area contributed by atoms with Gasteiger partial charge >= 0.3 is 5.69 Å². The minimum atomic E-state index is -0.793. The molecule has 0 saturated heterocycles. The fourth-order valence-electron chi connectivity index (χ4n) is 1.36. The number of hydrogen-bond donors (Lipinski definition) is 3. The molecule has 0 aliphatic rings. The number of benzene rings is 1. The number of H-pyrrole nitrogens is 2. The van der Waals surface area contributed by atoms with Crippen LogP contribution in [0, 0.1) is 9.39 Å². The van der Waals surface area contributed by atoms with Gasteiger partial charge in [0.25, 0.3) is 11.5 Å². The highest BCUT2D eigenvalue weighted by molar-refractivity contribution is 14.1. The summed E-state index contributed by atoms with van der Waals surface area (Å²) in [6.07, 6.45) is 1.02. The van der Waals surface area contributed by atoms with E-state index in [0.29, 0.717) is 9.26 Å². The lowest BCUT2D eigenvalue weighted by molar-refractivity contribution is 0.102. The Morgan fingerprint density at radius 2 is 2.05 bits per heavy atom. The van der Waals surface area contributed by atoms with Crippen LogP contribution >= 0.6 is 22.6 Å². The molecule has 8 heteroatoms. The van der Waals surface area contributed by atoms with E-state index in [1.807, 2.05) is 27.6 Å². The average Bonchev–Trinajstić information content (AvgIpc) is 2.32. The molecule has 1 heterocycles. The summed E-state index contributed by atoms with van der Waals surface area (Å²) in [6, 6.07) is 3.82. The van der Waals surface area contributed by atoms with Crippen LogP contribution in [-0.2, 0) is 0 Å². The number of halogens is 2. The Labute approximate surface area is 119 Å². The first-order valence-electron chi connectivity index (χ1n) is 5.06. The number of carbonyl (C=O) groups is 1. The topological polar surface area (TPSA) is 94.8 Å². The zero-order chi connectivity index (χ0) is 14.0. The molecule has 1 aromatic heterocycles. The van der Waals surface area contributed by atoms with Crippen molar-refractivity contribution in [3.8, 4) is 0 Å². The number of carbonyl (C=O) groups excluding carboxylic acids is 1. The SMILES string of the molecule is O=C(Nc1ccc(F)cc1I)c1c[nH]c(=O)[nH]c1=O. The average molecular weight is 375 g/mol. The molecule has 1 amide bonds. The maximum atomic E-state index is 12.9. The van der Waals surface area contributed by atoms with Gasteiger partial charge in [0.15, 0.2) is 0 Å². The monoisotopic (exact) mass is 375 g/mol. The van der Waals surface area contributed by atoms with Gasteiger partial charge in [-0.1, -0.05) is 0 Å². The second kappa shape index (κ2) is 5.34. The molecule has 1 aromatic carbocycles. The summed E-state index contributed by atoms with van der Waals surface area (Å²) in [6.45, 7) is 0. The fourth-order valence-corrected chi connectivity index (χ4v) is 1.97. The lowest BCUT2D eigenvalue weighted by Gasteiger charge is -2.06. The highest BCUT2D eigenvalue weighted by atomic mass is 127. The van der Waals surface area contributed by atoms with Gasteiger partial charge < -0.3 is 10.3 Å². The van der Waals surface area contributed by atoms with Crippen LogP contribution in [0.3, 0.4) is 0 Å². The van der Waals surface area contributed by atoms with Gasteiger partial charge in [-0.3, -0.25) is 14.6 Å². The number of amides is 1. The molecule has 19 heavy (non-hydrogen) atoms. The minimum absolute atomic E-state index is 0.236. The normalized spacial score (nSPS) is 10.2. The Bertz CT molecular complexity index is 753. The summed E-state index contributed by atoms with van der Waals surface area (Å²) in [5.41, 5.74) is -1.35. The lowest BCUT2D eigenvalue weighted by Crippen LogP contribution is -2.29. The summed E-state index contributed by atoms with van der Waals surface area (Å²) < 4.78 is 13.4. The number of aromatic amines is 2. The first-order chi connectivity index (χ1) is 8.97. The summed E-state index contributed by atoms with van der Waals surface area (Å²) in [5.74, 6) is -1.12. The maximum Gasteiger partial charge on any atom is 0.325 e. The van der Waals surface area contributed by atoms with Gasteiger partial charge in [-0.05, 0) is 40.8 Å². The molecule has 0 aliphatic carbocycles. The van der Waals surface area contributed by atoms with Crippen LogP contribution in [0.5, 0.6) is 0 Å². The van der Waals surface area contributed by atoms with E-state index in [9.17, 15) is 18.8 Å². The Hall–Kier alpha value is -1.97. The van der Waals surface area contributed by atoms with Gasteiger partial charge in [0, 0.05) is 9.77 Å². The molecule has 3 N–H and O–H groups in total. The third kappa shape index (κ3) is 3.08. The van der Waals surface area contributed by atoms with Crippen molar-refractivity contribution in [1.82, 2.24) is 9.97 Å². The van der Waals surface area contributed by atoms with Crippen LogP contribution in [0.15, 0.2) is 34.0 Å². The third-order valence-electron chi connectivity index (χ3n) is 2.24. The van der Waals surface area contributed by atoms with Crippen LogP contribution in [0.1, 0.15) is 10.4 Å². The van der Waals surface area contributed by atoms with E-state index < -0.39 is 23.0 Å². The molecule has 0 saturated carbocycles. The molecule has 0 fully saturated rings. The second-order valence-corrected chi connectivity index (χ2v) is 4.73. The van der Waals surface area contributed by atoms with Crippen molar-refractivity contribution in [1.29, 1.82) is 0 Å². The van der Waals surface area contributed by atoms with E-state index in [2.05, 4.69) is 10.3 Å². The molecule has 2 rings (SSSR count). The van der Waals surface area contributed by atoms with Crippen molar-refractivity contribution in [2.75, 3.05) is 5.32 Å². The van der Waals surface area contributed by atoms with Crippen LogP contribution in [0.4, 0.5) is 10.1 Å². The standard InChI is InChI=1S/C11H7FIN3O3/c12-5-1-2-8(7(13)3-5)15-9(17)6-4-14-11(19)16-10(6)18/h1-4H,(H,15,17)(H2,14,16,18,19). The molecule has 0 aliphatic heterocycles. The van der Waals surface area contributed by atoms with Crippen LogP contribution in [0.25, 0.3) is 0 Å². The highest BCUT2D eigenvalue weighted by Gasteiger charge is 2.12. The predicted molar refractivity (Wildman–Crippen MR) is 74.8 cm³/mol. The van der Waals surface area contributed by atoms with Crippen LogP contribution in [-0.4, -0.2) is 15.9 Å². The second-order valence-electron chi connectivity index (χ2n) is 3.56. The lowest BCUT2D eigenvalue weighted by atomic mass is 10.2. The quantitative estimate of drug-likeness (QED) is 0.686. The van der Waals surface area contributed by atoms with Gasteiger partial charge in [-0.15, -0.1) is 0 Å². The zero-order valence-electron chi connectivity index (χ0n) is 9.29. The van der Waals surface area contributed by atoms with E-state index in [-0.39, 0.29) is 5.56 Å². The zero-order valence-corrected chi connectivity index (χ0v) is 11.4. The molecule has 0 radical (unpaired) electrons. The van der Waals surface area contributed by atoms with Crippen LogP contribution < -0.4 is 16.6 Å². The Kier molecular flexibility index (Phi) is 3.79. The number of rotatable bonds is 2. The third-order valence-corrected chi connectivity index (χ3v) is 3.14. The molecule has 0 spiro atoms. The van der Waals surface area contributed by atoms with Gasteiger partial charge in [-0.2, -0.15) is 0 Å². The summed E-state index contributed by atoms with van der Waals surface area (Å²) in [4.78, 5) is 38.2. The van der Waals surface area contributed by atoms with Crippen LogP contribution in [0.2, 0.25) is 0 Å². The molecular weight excluding hydrogens is 368 g/mol. The molecular formula is C11H7FIN3O3. The Morgan fingerprint density at radius 3 is 2.68 bits per heavy atom. The number of anilines is 1. The van der Waals surface area contributed by atoms with E-state index in [1.54, 1.807) is 0 Å². The molecule has 98 valence electrons. The van der Waals surface area contributed by atoms with Crippen molar-refractivity contribution >= 4 is 34.2 Å². The fraction of sp³-hybridized carbons (Fsp3) is 0. The molecule has 0 bridgehead atoms. The van der Waals surface area contributed by atoms with E-state index in [0.717, 1.165) is 6.20 Å². The number of hydrogen-bond acceptors (Lipinski definition) is 3. The Morgan fingerprint density at radius 1 is 1.32 bits per heavy atom. The van der Waals surface area contributed by atoms with Gasteiger partial charge in [0.1, 0.15) is 11.4 Å². The van der Waals surface area contributed by atoms with E-state index in [1.165, 1.54) is 18.2 Å². The van der Waals surface area contributed by atoms with Crippen molar-refractivity contribution in [3.05, 3.63) is 60.2 Å². The van der Waals surface area contributed by atoms with Gasteiger partial charge in [0.2, 0.25) is 0 Å². The highest BCUT2D eigenvalue weighted by Crippen LogP contribution is 2.19. The maximum absolute atomic E-state index is 12.9. The van der Waals surface area contributed by atoms with Crippen molar-refractivity contribution in [3.63, 3.8) is 0 Å². The summed E-state index contributed by atoms with van der Waals surface area (Å²) in [5, 5.41) is 2.46. The number of aromatic nitrogens is 2. The van der Waals surface area contributed by atoms with Crippen molar-refractivity contribution in [2.24, 2.45) is 0 Å². The summed E-state index contributed by atoms with van der Waals surface area (Å²) >= 11 is 1.85. The number of nitrogens with one attached hydrogen (secondary N) is 3. The van der Waals surface area contributed by atoms with E-state index in [4.69, 9.17) is 0 Å². The first kappa shape index (κ1) is 13.5. The smallest absolute Gasteiger partial charge is 0.321 e. The molecule has 0 unspecified atom stereocenters. The first-order valence-corrected chi connectivity index (χ1v) is 6.13. The minimum Gasteiger partial charge on any atom is -0.321 e. The van der Waals surface area contributed by atoms with Gasteiger partial charge in [-0.25, -0.2) is 9.18 Å². The molecule has 2 aromatic rings. The van der Waals surface area contributed by atoms with E-state index >= 15 is 0 Å². The Balaban J connectivity index is 2.31. The molecule has 0 atom stereocenters.